The topological polar surface area (TPSA) is 77.8 Å². The minimum absolute atomic E-state index is 0.194. The number of fused-ring (bicyclic) bond motifs is 5. The summed E-state index contributed by atoms with van der Waals surface area (Å²) in [6.45, 7) is 9.44. The van der Waals surface area contributed by atoms with Crippen molar-refractivity contribution in [2.75, 3.05) is 0 Å². The van der Waals surface area contributed by atoms with Crippen LogP contribution >= 0.6 is 0 Å². The minimum atomic E-state index is -0.683. The van der Waals surface area contributed by atoms with Gasteiger partial charge in [0.2, 0.25) is 0 Å². The standard InChI is InChI=1S/C26H44O4/c1-5-17-21-14-16(27)10-12-26(21,4)20-11-13-25(3)18(15(2)6-9-22(28)29)7-8-19(25)23(20)24(17)30/h15-21,23-24,27,30H,5-14H2,1-4H3,(H,28,29)/t15-,16-,17-,18-,19-,20-,21+,23+,24-,25-,26-/m1/s1. The van der Waals surface area contributed by atoms with Gasteiger partial charge in [-0.25, -0.2) is 0 Å². The van der Waals surface area contributed by atoms with Gasteiger partial charge in [0.25, 0.3) is 0 Å². The SMILES string of the molecule is CC[C@H]1[C@@H](O)[C@H]2[C@H]3CC[C@H]([C@H](C)CCC(=O)O)[C@@]3(C)CC[C@H]2[C@@]2(C)CC[C@@H](O)C[C@@H]12. The maximum atomic E-state index is 11.7. The Kier molecular flexibility index (Phi) is 6.07. The molecule has 0 radical (unpaired) electrons. The second kappa shape index (κ2) is 8.06. The lowest BCUT2D eigenvalue weighted by Crippen LogP contribution is -2.62. The number of carboxylic acids is 1. The normalized spacial score (nSPS) is 51.5. The van der Waals surface area contributed by atoms with E-state index in [-0.39, 0.29) is 29.5 Å². The van der Waals surface area contributed by atoms with Gasteiger partial charge in [0.15, 0.2) is 0 Å². The van der Waals surface area contributed by atoms with E-state index < -0.39 is 5.97 Å². The number of carbonyl (C=O) groups is 1. The van der Waals surface area contributed by atoms with Crippen molar-refractivity contribution in [3.63, 3.8) is 0 Å². The van der Waals surface area contributed by atoms with Crippen LogP contribution in [0.3, 0.4) is 0 Å². The third kappa shape index (κ3) is 3.36. The molecule has 0 aromatic heterocycles. The van der Waals surface area contributed by atoms with Crippen molar-refractivity contribution in [3.05, 3.63) is 0 Å². The third-order valence-corrected chi connectivity index (χ3v) is 11.0. The van der Waals surface area contributed by atoms with E-state index in [9.17, 15) is 15.0 Å². The van der Waals surface area contributed by atoms with Gasteiger partial charge in [0.05, 0.1) is 12.2 Å². The average molecular weight is 421 g/mol. The van der Waals surface area contributed by atoms with Crippen LogP contribution in [0.4, 0.5) is 0 Å². The van der Waals surface area contributed by atoms with Crippen molar-refractivity contribution in [2.45, 2.75) is 104 Å². The Morgan fingerprint density at radius 3 is 2.33 bits per heavy atom. The molecule has 0 aliphatic heterocycles. The van der Waals surface area contributed by atoms with Crippen molar-refractivity contribution in [3.8, 4) is 0 Å². The smallest absolute Gasteiger partial charge is 0.303 e. The number of hydrogen-bond donors (Lipinski definition) is 3. The summed E-state index contributed by atoms with van der Waals surface area (Å²) < 4.78 is 0. The van der Waals surface area contributed by atoms with Gasteiger partial charge in [-0.05, 0) is 104 Å². The van der Waals surface area contributed by atoms with Crippen LogP contribution in [0.25, 0.3) is 0 Å². The Morgan fingerprint density at radius 2 is 1.67 bits per heavy atom. The molecule has 4 rings (SSSR count). The number of rotatable bonds is 5. The summed E-state index contributed by atoms with van der Waals surface area (Å²) in [6, 6.07) is 0. The Morgan fingerprint density at radius 1 is 1.00 bits per heavy atom. The number of aliphatic carboxylic acids is 1. The Bertz CT molecular complexity index is 649. The first-order valence-corrected chi connectivity index (χ1v) is 12.7. The molecule has 4 aliphatic rings. The molecular formula is C26H44O4. The second-order valence-corrected chi connectivity index (χ2v) is 12.0. The van der Waals surface area contributed by atoms with Gasteiger partial charge in [0.1, 0.15) is 0 Å². The molecule has 30 heavy (non-hydrogen) atoms. The molecule has 4 fully saturated rings. The first kappa shape index (κ1) is 22.6. The molecule has 0 amide bonds. The van der Waals surface area contributed by atoms with Gasteiger partial charge in [-0.2, -0.15) is 0 Å². The molecule has 4 nitrogen and oxygen atoms in total. The predicted octanol–water partition coefficient (Wildman–Crippen LogP) is 5.11. The molecule has 0 aromatic carbocycles. The summed E-state index contributed by atoms with van der Waals surface area (Å²) in [5.41, 5.74) is 0.480. The maximum absolute atomic E-state index is 11.7. The van der Waals surface area contributed by atoms with E-state index in [1.807, 2.05) is 0 Å². The van der Waals surface area contributed by atoms with E-state index in [1.165, 1.54) is 25.7 Å². The third-order valence-electron chi connectivity index (χ3n) is 11.0. The zero-order valence-corrected chi connectivity index (χ0v) is 19.5. The molecule has 0 heterocycles. The van der Waals surface area contributed by atoms with E-state index >= 15 is 0 Å². The molecule has 4 aliphatic carbocycles. The molecular weight excluding hydrogens is 376 g/mol. The molecule has 0 unspecified atom stereocenters. The van der Waals surface area contributed by atoms with E-state index in [0.29, 0.717) is 41.4 Å². The highest BCUT2D eigenvalue weighted by atomic mass is 16.4. The number of aliphatic hydroxyl groups excluding tert-OH is 2. The van der Waals surface area contributed by atoms with Crippen LogP contribution in [0.2, 0.25) is 0 Å². The first-order chi connectivity index (χ1) is 14.1. The minimum Gasteiger partial charge on any atom is -0.481 e. The van der Waals surface area contributed by atoms with E-state index in [2.05, 4.69) is 27.7 Å². The Balaban J connectivity index is 1.61. The summed E-state index contributed by atoms with van der Waals surface area (Å²) in [5, 5.41) is 31.3. The highest BCUT2D eigenvalue weighted by Crippen LogP contribution is 2.69. The summed E-state index contributed by atoms with van der Waals surface area (Å²) in [6.07, 6.45) is 9.27. The number of carboxylic acid groups (broad SMARTS) is 1. The Labute approximate surface area is 182 Å². The van der Waals surface area contributed by atoms with Crippen LogP contribution < -0.4 is 0 Å². The van der Waals surface area contributed by atoms with Crippen molar-refractivity contribution in [1.29, 1.82) is 0 Å². The molecule has 3 N–H and O–H groups in total. The predicted molar refractivity (Wildman–Crippen MR) is 118 cm³/mol. The van der Waals surface area contributed by atoms with Crippen LogP contribution in [-0.4, -0.2) is 33.5 Å². The van der Waals surface area contributed by atoms with Crippen LogP contribution in [-0.2, 0) is 4.79 Å². The van der Waals surface area contributed by atoms with Crippen LogP contribution in [0.15, 0.2) is 0 Å². The largest absolute Gasteiger partial charge is 0.481 e. The van der Waals surface area contributed by atoms with Gasteiger partial charge in [0, 0.05) is 6.42 Å². The quantitative estimate of drug-likeness (QED) is 0.577. The summed E-state index contributed by atoms with van der Waals surface area (Å²) in [5.74, 6) is 2.58. The zero-order chi connectivity index (χ0) is 21.8. The van der Waals surface area contributed by atoms with E-state index in [4.69, 9.17) is 5.11 Å². The molecule has 172 valence electrons. The van der Waals surface area contributed by atoms with Gasteiger partial charge in [-0.1, -0.05) is 34.1 Å². The van der Waals surface area contributed by atoms with Crippen molar-refractivity contribution in [2.24, 2.45) is 52.3 Å². The summed E-state index contributed by atoms with van der Waals surface area (Å²) in [7, 11) is 0. The van der Waals surface area contributed by atoms with Gasteiger partial charge < -0.3 is 15.3 Å². The fourth-order valence-corrected chi connectivity index (χ4v) is 9.48. The second-order valence-electron chi connectivity index (χ2n) is 12.0. The first-order valence-electron chi connectivity index (χ1n) is 12.7. The molecule has 0 bridgehead atoms. The van der Waals surface area contributed by atoms with E-state index in [1.54, 1.807) is 0 Å². The van der Waals surface area contributed by atoms with Gasteiger partial charge >= 0.3 is 5.97 Å². The van der Waals surface area contributed by atoms with Gasteiger partial charge in [-0.15, -0.1) is 0 Å². The fourth-order valence-electron chi connectivity index (χ4n) is 9.48. The number of aliphatic hydroxyl groups is 2. The Hall–Kier alpha value is -0.610. The number of hydrogen-bond acceptors (Lipinski definition) is 3. The molecule has 4 heteroatoms. The molecule has 4 saturated carbocycles. The summed E-state index contributed by atoms with van der Waals surface area (Å²) in [4.78, 5) is 11.1. The van der Waals surface area contributed by atoms with Gasteiger partial charge in [-0.3, -0.25) is 4.79 Å². The van der Waals surface area contributed by atoms with E-state index in [0.717, 1.165) is 32.1 Å². The lowest BCUT2D eigenvalue weighted by Gasteiger charge is -2.64. The molecule has 0 spiro atoms. The fraction of sp³-hybridized carbons (Fsp3) is 0.962. The highest BCUT2D eigenvalue weighted by Gasteiger charge is 2.64. The van der Waals surface area contributed by atoms with Crippen LogP contribution in [0.5, 0.6) is 0 Å². The van der Waals surface area contributed by atoms with Crippen LogP contribution in [0, 0.1) is 52.3 Å². The molecule has 11 atom stereocenters. The zero-order valence-electron chi connectivity index (χ0n) is 19.5. The van der Waals surface area contributed by atoms with Crippen molar-refractivity contribution in [1.82, 2.24) is 0 Å². The average Bonchev–Trinajstić information content (AvgIpc) is 3.05. The lowest BCUT2D eigenvalue weighted by atomic mass is 9.41. The highest BCUT2D eigenvalue weighted by molar-refractivity contribution is 5.66. The van der Waals surface area contributed by atoms with Crippen molar-refractivity contribution >= 4 is 5.97 Å². The molecule has 0 aromatic rings. The lowest BCUT2D eigenvalue weighted by molar-refractivity contribution is -0.203. The maximum Gasteiger partial charge on any atom is 0.303 e. The summed E-state index contributed by atoms with van der Waals surface area (Å²) >= 11 is 0. The van der Waals surface area contributed by atoms with Crippen molar-refractivity contribution < 1.29 is 20.1 Å². The molecule has 0 saturated heterocycles. The monoisotopic (exact) mass is 420 g/mol. The van der Waals surface area contributed by atoms with Crippen LogP contribution in [0.1, 0.15) is 91.9 Å².